The number of ether oxygens (including phenoxy) is 1. The van der Waals surface area contributed by atoms with Gasteiger partial charge in [0.25, 0.3) is 5.91 Å². The maximum absolute atomic E-state index is 13.1. The molecule has 0 fully saturated rings. The van der Waals surface area contributed by atoms with Gasteiger partial charge in [-0.3, -0.25) is 9.78 Å². The van der Waals surface area contributed by atoms with Gasteiger partial charge in [0, 0.05) is 30.8 Å². The number of anilines is 1. The number of alkyl halides is 3. The molecule has 1 aromatic carbocycles. The highest BCUT2D eigenvalue weighted by molar-refractivity contribution is 5.98. The summed E-state index contributed by atoms with van der Waals surface area (Å²) in [5.74, 6) is 0.141. The summed E-state index contributed by atoms with van der Waals surface area (Å²) in [6, 6.07) is 9.15. The Labute approximate surface area is 171 Å². The van der Waals surface area contributed by atoms with Crippen molar-refractivity contribution < 1.29 is 22.7 Å². The topological polar surface area (TPSA) is 81.3 Å². The Morgan fingerprint density at radius 2 is 1.97 bits per heavy atom. The molecule has 3 aromatic rings. The van der Waals surface area contributed by atoms with Crippen molar-refractivity contribution in [1.82, 2.24) is 14.9 Å². The van der Waals surface area contributed by atoms with E-state index >= 15 is 0 Å². The number of nitrogen functional groups attached to an aromatic ring is 1. The molecule has 0 atom stereocenters. The van der Waals surface area contributed by atoms with E-state index in [2.05, 4.69) is 9.97 Å². The fourth-order valence-electron chi connectivity index (χ4n) is 2.95. The van der Waals surface area contributed by atoms with E-state index in [0.29, 0.717) is 22.6 Å². The Morgan fingerprint density at radius 3 is 2.60 bits per heavy atom. The van der Waals surface area contributed by atoms with Crippen molar-refractivity contribution in [1.29, 1.82) is 0 Å². The number of methoxy groups -OCH3 is 1. The number of aryl methyl sites for hydroxylation is 1. The van der Waals surface area contributed by atoms with Crippen LogP contribution >= 0.6 is 0 Å². The van der Waals surface area contributed by atoms with Crippen LogP contribution in [-0.2, 0) is 17.5 Å². The second kappa shape index (κ2) is 8.66. The van der Waals surface area contributed by atoms with Gasteiger partial charge in [-0.2, -0.15) is 13.2 Å². The number of carbonyl (C=O) groups is 1. The summed E-state index contributed by atoms with van der Waals surface area (Å²) in [6.07, 6.45) is -3.69. The molecule has 0 radical (unpaired) electrons. The molecule has 0 aliphatic rings. The molecule has 3 rings (SSSR count). The highest BCUT2D eigenvalue weighted by atomic mass is 19.4. The molecule has 1 amide bonds. The number of hydrogen-bond donors (Lipinski definition) is 1. The summed E-state index contributed by atoms with van der Waals surface area (Å²) in [4.78, 5) is 22.7. The number of benzene rings is 1. The fraction of sp³-hybridized carbons (Fsp3) is 0.286. The van der Waals surface area contributed by atoms with Crippen molar-refractivity contribution in [3.8, 4) is 0 Å². The van der Waals surface area contributed by atoms with Gasteiger partial charge in [-0.1, -0.05) is 0 Å². The van der Waals surface area contributed by atoms with E-state index in [9.17, 15) is 18.0 Å². The van der Waals surface area contributed by atoms with Crippen LogP contribution in [0.1, 0.15) is 27.2 Å². The van der Waals surface area contributed by atoms with Gasteiger partial charge in [-0.15, -0.1) is 0 Å². The number of carbonyl (C=O) groups excluding carboxylic acids is 1. The standard InChI is InChI=1S/C21H21F3N4O2/c1-13-9-15-10-14(3-6-18(15)27-19(13)25)20(29)28(7-8-30-2)12-17-5-4-16(11-26-17)21(22,23)24/h3-6,9-11H,7-8,12H2,1-2H3,(H2,25,27). The highest BCUT2D eigenvalue weighted by Gasteiger charge is 2.30. The van der Waals surface area contributed by atoms with Crippen molar-refractivity contribution in [3.05, 3.63) is 65.0 Å². The molecule has 30 heavy (non-hydrogen) atoms. The third-order valence-electron chi connectivity index (χ3n) is 4.65. The summed E-state index contributed by atoms with van der Waals surface area (Å²) in [7, 11) is 1.51. The highest BCUT2D eigenvalue weighted by Crippen LogP contribution is 2.28. The Hall–Kier alpha value is -3.20. The second-order valence-electron chi connectivity index (χ2n) is 6.85. The van der Waals surface area contributed by atoms with Crippen LogP contribution in [0, 0.1) is 6.92 Å². The molecule has 0 aliphatic carbocycles. The van der Waals surface area contributed by atoms with Crippen LogP contribution in [0.5, 0.6) is 0 Å². The van der Waals surface area contributed by atoms with Crippen LogP contribution < -0.4 is 5.73 Å². The van der Waals surface area contributed by atoms with Crippen LogP contribution in [0.3, 0.4) is 0 Å². The van der Waals surface area contributed by atoms with Crippen molar-refractivity contribution in [2.24, 2.45) is 0 Å². The van der Waals surface area contributed by atoms with Gasteiger partial charge in [-0.25, -0.2) is 4.98 Å². The van der Waals surface area contributed by atoms with Gasteiger partial charge < -0.3 is 15.4 Å². The molecule has 0 saturated heterocycles. The van der Waals surface area contributed by atoms with Crippen molar-refractivity contribution in [2.45, 2.75) is 19.6 Å². The number of pyridine rings is 2. The molecule has 2 N–H and O–H groups in total. The number of aromatic nitrogens is 2. The quantitative estimate of drug-likeness (QED) is 0.658. The fourth-order valence-corrected chi connectivity index (χ4v) is 2.95. The smallest absolute Gasteiger partial charge is 0.383 e. The number of hydrogen-bond acceptors (Lipinski definition) is 5. The van der Waals surface area contributed by atoms with Crippen molar-refractivity contribution >= 4 is 22.6 Å². The van der Waals surface area contributed by atoms with Crippen LogP contribution in [0.25, 0.3) is 10.9 Å². The minimum Gasteiger partial charge on any atom is -0.383 e. The Balaban J connectivity index is 1.86. The third-order valence-corrected chi connectivity index (χ3v) is 4.65. The summed E-state index contributed by atoms with van der Waals surface area (Å²) >= 11 is 0. The Bertz CT molecular complexity index is 1050. The third kappa shape index (κ3) is 4.85. The molecule has 9 heteroatoms. The number of rotatable bonds is 6. The van der Waals surface area contributed by atoms with Gasteiger partial charge in [-0.05, 0) is 48.9 Å². The average molecular weight is 418 g/mol. The molecule has 0 bridgehead atoms. The zero-order valence-electron chi connectivity index (χ0n) is 16.5. The molecular formula is C21H21F3N4O2. The lowest BCUT2D eigenvalue weighted by Gasteiger charge is -2.22. The van der Waals surface area contributed by atoms with E-state index in [4.69, 9.17) is 10.5 Å². The minimum atomic E-state index is -4.46. The first-order valence-corrected chi connectivity index (χ1v) is 9.16. The van der Waals surface area contributed by atoms with E-state index in [1.54, 1.807) is 18.2 Å². The first kappa shape index (κ1) is 21.5. The molecule has 6 nitrogen and oxygen atoms in total. The van der Waals surface area contributed by atoms with Gasteiger partial charge in [0.05, 0.1) is 29.9 Å². The summed E-state index contributed by atoms with van der Waals surface area (Å²) < 4.78 is 43.3. The number of halogens is 3. The molecule has 158 valence electrons. The van der Waals surface area contributed by atoms with Gasteiger partial charge in [0.2, 0.25) is 0 Å². The molecule has 2 heterocycles. The van der Waals surface area contributed by atoms with E-state index in [1.165, 1.54) is 18.1 Å². The number of nitrogens with zero attached hydrogens (tertiary/aromatic N) is 3. The predicted molar refractivity (Wildman–Crippen MR) is 107 cm³/mol. The van der Waals surface area contributed by atoms with E-state index in [0.717, 1.165) is 23.2 Å². The number of nitrogens with two attached hydrogens (primary N) is 1. The second-order valence-corrected chi connectivity index (χ2v) is 6.85. The zero-order valence-corrected chi connectivity index (χ0v) is 16.5. The lowest BCUT2D eigenvalue weighted by molar-refractivity contribution is -0.137. The number of amides is 1. The van der Waals surface area contributed by atoms with Crippen LogP contribution in [0.2, 0.25) is 0 Å². The molecular weight excluding hydrogens is 397 g/mol. The van der Waals surface area contributed by atoms with Gasteiger partial charge in [0.15, 0.2) is 0 Å². The predicted octanol–water partition coefficient (Wildman–Crippen LogP) is 3.83. The van der Waals surface area contributed by atoms with Crippen molar-refractivity contribution in [3.63, 3.8) is 0 Å². The molecule has 0 aliphatic heterocycles. The summed E-state index contributed by atoms with van der Waals surface area (Å²) in [6.45, 7) is 2.42. The Kier molecular flexibility index (Phi) is 6.21. The first-order chi connectivity index (χ1) is 14.2. The molecule has 0 unspecified atom stereocenters. The Morgan fingerprint density at radius 1 is 1.20 bits per heavy atom. The SMILES string of the molecule is COCCN(Cc1ccc(C(F)(F)F)cn1)C(=O)c1ccc2nc(N)c(C)cc2c1. The lowest BCUT2D eigenvalue weighted by atomic mass is 10.1. The molecule has 0 spiro atoms. The summed E-state index contributed by atoms with van der Waals surface area (Å²) in [5, 5.41) is 0.770. The summed E-state index contributed by atoms with van der Waals surface area (Å²) in [5.41, 5.74) is 7.24. The van der Waals surface area contributed by atoms with Crippen LogP contribution in [0.15, 0.2) is 42.6 Å². The maximum atomic E-state index is 13.1. The van der Waals surface area contributed by atoms with Gasteiger partial charge >= 0.3 is 6.18 Å². The normalized spacial score (nSPS) is 11.6. The minimum absolute atomic E-state index is 0.0530. The van der Waals surface area contributed by atoms with Crippen molar-refractivity contribution in [2.75, 3.05) is 26.0 Å². The largest absolute Gasteiger partial charge is 0.417 e. The van der Waals surface area contributed by atoms with E-state index in [-0.39, 0.29) is 25.6 Å². The van der Waals surface area contributed by atoms with E-state index < -0.39 is 11.7 Å². The number of fused-ring (bicyclic) bond motifs is 1. The van der Waals surface area contributed by atoms with Crippen LogP contribution in [0.4, 0.5) is 19.0 Å². The van der Waals surface area contributed by atoms with Gasteiger partial charge in [0.1, 0.15) is 5.82 Å². The van der Waals surface area contributed by atoms with Crippen LogP contribution in [-0.4, -0.2) is 41.0 Å². The monoisotopic (exact) mass is 418 g/mol. The molecule has 0 saturated carbocycles. The first-order valence-electron chi connectivity index (χ1n) is 9.16. The molecule has 2 aromatic heterocycles. The average Bonchev–Trinajstić information content (AvgIpc) is 2.71. The zero-order chi connectivity index (χ0) is 21.9. The lowest BCUT2D eigenvalue weighted by Crippen LogP contribution is -2.33. The van der Waals surface area contributed by atoms with E-state index in [1.807, 2.05) is 13.0 Å². The maximum Gasteiger partial charge on any atom is 0.417 e.